The molecule has 6 nitrogen and oxygen atoms in total. The van der Waals surface area contributed by atoms with Crippen LogP contribution in [0.4, 0.5) is 0 Å². The molecule has 1 heterocycles. The van der Waals surface area contributed by atoms with Crippen molar-refractivity contribution in [1.82, 2.24) is 4.98 Å². The highest BCUT2D eigenvalue weighted by Crippen LogP contribution is 2.36. The van der Waals surface area contributed by atoms with Crippen LogP contribution in [0.1, 0.15) is 38.2 Å². The van der Waals surface area contributed by atoms with Gasteiger partial charge in [0, 0.05) is 24.0 Å². The molecule has 0 atom stereocenters. The summed E-state index contributed by atoms with van der Waals surface area (Å²) < 4.78 is 17.4. The van der Waals surface area contributed by atoms with Gasteiger partial charge in [-0.05, 0) is 77.1 Å². The quantitative estimate of drug-likeness (QED) is 0.152. The minimum atomic E-state index is 0.126. The maximum absolute atomic E-state index is 11.7. The molecule has 5 rings (SSSR count). The molecule has 0 saturated heterocycles. The number of carbonyl (C=O) groups excluding carboxylic acids is 1. The van der Waals surface area contributed by atoms with E-state index >= 15 is 0 Å². The minimum absolute atomic E-state index is 0.126. The van der Waals surface area contributed by atoms with Crippen LogP contribution in [0.2, 0.25) is 5.02 Å². The standard InChI is InChI=1S/C36H29ClN2O4/c1-23-28(6-4-8-32(23)33-9-5-7-31(24(33)2)27-10-12-30(41-3)13-11-27)22-43-36-16-35(29(20-40)15-34(36)37)42-21-26-14-25(17-38)18-39-19-26/h4-16,18-20H,21-22H2,1-3H3. The van der Waals surface area contributed by atoms with E-state index < -0.39 is 0 Å². The number of ether oxygens (including phenoxy) is 3. The molecule has 0 unspecified atom stereocenters. The average molecular weight is 589 g/mol. The van der Waals surface area contributed by atoms with Crippen molar-refractivity contribution in [3.05, 3.63) is 130 Å². The summed E-state index contributed by atoms with van der Waals surface area (Å²) in [5.41, 5.74) is 9.25. The lowest BCUT2D eigenvalue weighted by Crippen LogP contribution is -2.03. The number of pyridine rings is 1. The highest BCUT2D eigenvalue weighted by atomic mass is 35.5. The second kappa shape index (κ2) is 13.2. The first-order valence-electron chi connectivity index (χ1n) is 13.6. The molecule has 0 fully saturated rings. The largest absolute Gasteiger partial charge is 0.497 e. The third-order valence-electron chi connectivity index (χ3n) is 7.36. The van der Waals surface area contributed by atoms with Gasteiger partial charge in [0.15, 0.2) is 6.29 Å². The summed E-state index contributed by atoms with van der Waals surface area (Å²) in [4.78, 5) is 15.8. The van der Waals surface area contributed by atoms with E-state index in [9.17, 15) is 4.79 Å². The number of methoxy groups -OCH3 is 1. The van der Waals surface area contributed by atoms with Crippen molar-refractivity contribution in [2.24, 2.45) is 0 Å². The number of nitrogens with zero attached hydrogens (tertiary/aromatic N) is 2. The van der Waals surface area contributed by atoms with E-state index in [0.29, 0.717) is 39.5 Å². The molecule has 5 aromatic rings. The Morgan fingerprint density at radius 1 is 0.837 bits per heavy atom. The Kier molecular flexibility index (Phi) is 9.05. The molecule has 0 amide bonds. The Bertz CT molecular complexity index is 1830. The number of halogens is 1. The number of rotatable bonds is 10. The second-order valence-corrected chi connectivity index (χ2v) is 10.4. The van der Waals surface area contributed by atoms with Crippen molar-refractivity contribution in [1.29, 1.82) is 5.26 Å². The van der Waals surface area contributed by atoms with Crippen LogP contribution >= 0.6 is 11.6 Å². The van der Waals surface area contributed by atoms with Crippen molar-refractivity contribution in [3.63, 3.8) is 0 Å². The van der Waals surface area contributed by atoms with Crippen molar-refractivity contribution >= 4 is 17.9 Å². The SMILES string of the molecule is COc1ccc(-c2cccc(-c3cccc(COc4cc(OCc5cncc(C#N)c5)c(C=O)cc4Cl)c3C)c2C)cc1. The van der Waals surface area contributed by atoms with Crippen LogP contribution in [0.25, 0.3) is 22.3 Å². The normalized spacial score (nSPS) is 10.6. The van der Waals surface area contributed by atoms with Crippen LogP contribution < -0.4 is 14.2 Å². The van der Waals surface area contributed by atoms with Gasteiger partial charge in [0.05, 0.1) is 23.3 Å². The second-order valence-electron chi connectivity index (χ2n) is 10.0. The van der Waals surface area contributed by atoms with Crippen LogP contribution in [-0.2, 0) is 13.2 Å². The predicted molar refractivity (Wildman–Crippen MR) is 168 cm³/mol. The van der Waals surface area contributed by atoms with E-state index in [1.807, 2.05) is 24.3 Å². The molecule has 0 spiro atoms. The summed E-state index contributed by atoms with van der Waals surface area (Å²) in [5.74, 6) is 1.55. The summed E-state index contributed by atoms with van der Waals surface area (Å²) >= 11 is 6.49. The van der Waals surface area contributed by atoms with Crippen LogP contribution in [-0.4, -0.2) is 18.4 Å². The molecule has 43 heavy (non-hydrogen) atoms. The molecule has 4 aromatic carbocycles. The zero-order valence-corrected chi connectivity index (χ0v) is 24.8. The third-order valence-corrected chi connectivity index (χ3v) is 7.66. The number of nitriles is 1. The Hall–Kier alpha value is -5.12. The Labute approximate surface area is 256 Å². The van der Waals surface area contributed by atoms with Gasteiger partial charge in [-0.15, -0.1) is 0 Å². The number of aldehydes is 1. The molecule has 0 bridgehead atoms. The fourth-order valence-corrected chi connectivity index (χ4v) is 5.19. The average Bonchev–Trinajstić information content (AvgIpc) is 3.04. The molecule has 7 heteroatoms. The van der Waals surface area contributed by atoms with Crippen molar-refractivity contribution in [2.75, 3.05) is 7.11 Å². The number of carbonyl (C=O) groups is 1. The van der Waals surface area contributed by atoms with Gasteiger partial charge in [0.2, 0.25) is 0 Å². The summed E-state index contributed by atoms with van der Waals surface area (Å²) in [6.45, 7) is 4.62. The molecule has 0 radical (unpaired) electrons. The molecule has 0 aliphatic rings. The van der Waals surface area contributed by atoms with Gasteiger partial charge < -0.3 is 14.2 Å². The maximum Gasteiger partial charge on any atom is 0.153 e. The Morgan fingerprint density at radius 2 is 1.53 bits per heavy atom. The summed E-state index contributed by atoms with van der Waals surface area (Å²) in [5, 5.41) is 9.43. The van der Waals surface area contributed by atoms with Gasteiger partial charge >= 0.3 is 0 Å². The monoisotopic (exact) mass is 588 g/mol. The summed E-state index contributed by atoms with van der Waals surface area (Å²) in [6.07, 6.45) is 3.77. The van der Waals surface area contributed by atoms with Crippen LogP contribution in [0.3, 0.4) is 0 Å². The van der Waals surface area contributed by atoms with E-state index in [-0.39, 0.29) is 13.2 Å². The lowest BCUT2D eigenvalue weighted by molar-refractivity contribution is 0.111. The fraction of sp³-hybridized carbons (Fsp3) is 0.139. The zero-order chi connectivity index (χ0) is 30.3. The topological polar surface area (TPSA) is 81.4 Å². The van der Waals surface area contributed by atoms with Crippen LogP contribution in [0.15, 0.2) is 91.3 Å². The van der Waals surface area contributed by atoms with Crippen molar-refractivity contribution in [3.8, 4) is 45.6 Å². The summed E-state index contributed by atoms with van der Waals surface area (Å²) in [7, 11) is 1.66. The minimum Gasteiger partial charge on any atom is -0.497 e. The molecular weight excluding hydrogens is 560 g/mol. The van der Waals surface area contributed by atoms with Crippen LogP contribution in [0, 0.1) is 25.2 Å². The lowest BCUT2D eigenvalue weighted by atomic mass is 9.89. The lowest BCUT2D eigenvalue weighted by Gasteiger charge is -2.17. The molecule has 0 N–H and O–H groups in total. The number of aromatic nitrogens is 1. The predicted octanol–water partition coefficient (Wildman–Crippen LogP) is 8.54. The van der Waals surface area contributed by atoms with E-state index in [1.165, 1.54) is 17.8 Å². The summed E-state index contributed by atoms with van der Waals surface area (Å²) in [6, 6.07) is 27.5. The first-order chi connectivity index (χ1) is 20.9. The van der Waals surface area contributed by atoms with Gasteiger partial charge in [-0.3, -0.25) is 9.78 Å². The van der Waals surface area contributed by atoms with E-state index in [0.717, 1.165) is 39.1 Å². The number of hydrogen-bond donors (Lipinski definition) is 0. The maximum atomic E-state index is 11.7. The highest BCUT2D eigenvalue weighted by Gasteiger charge is 2.15. The highest BCUT2D eigenvalue weighted by molar-refractivity contribution is 6.32. The van der Waals surface area contributed by atoms with Crippen molar-refractivity contribution < 1.29 is 19.0 Å². The number of hydrogen-bond acceptors (Lipinski definition) is 6. The molecule has 0 saturated carbocycles. The number of benzene rings is 4. The molecule has 0 aliphatic heterocycles. The van der Waals surface area contributed by atoms with Gasteiger partial charge in [0.1, 0.15) is 36.5 Å². The zero-order valence-electron chi connectivity index (χ0n) is 24.1. The first kappa shape index (κ1) is 29.4. The Morgan fingerprint density at radius 3 is 2.26 bits per heavy atom. The fourth-order valence-electron chi connectivity index (χ4n) is 4.96. The van der Waals surface area contributed by atoms with E-state index in [1.54, 1.807) is 25.4 Å². The first-order valence-corrected chi connectivity index (χ1v) is 14.0. The smallest absolute Gasteiger partial charge is 0.153 e. The molecular formula is C36H29ClN2O4. The molecule has 0 aliphatic carbocycles. The van der Waals surface area contributed by atoms with Crippen LogP contribution in [0.5, 0.6) is 17.2 Å². The molecule has 1 aromatic heterocycles. The molecule has 214 valence electrons. The van der Waals surface area contributed by atoms with Gasteiger partial charge in [-0.25, -0.2) is 0 Å². The van der Waals surface area contributed by atoms with E-state index in [4.69, 9.17) is 31.1 Å². The van der Waals surface area contributed by atoms with Gasteiger partial charge in [-0.1, -0.05) is 60.1 Å². The Balaban J connectivity index is 1.38. The van der Waals surface area contributed by atoms with Crippen molar-refractivity contribution in [2.45, 2.75) is 27.1 Å². The van der Waals surface area contributed by atoms with E-state index in [2.05, 4.69) is 61.3 Å². The third kappa shape index (κ3) is 6.53. The van der Waals surface area contributed by atoms with Gasteiger partial charge in [0.25, 0.3) is 0 Å². The van der Waals surface area contributed by atoms with Gasteiger partial charge in [-0.2, -0.15) is 5.26 Å².